The number of nitrogens with zero attached hydrogens (tertiary/aromatic N) is 1. The topological polar surface area (TPSA) is 29.5 Å². The third-order valence-corrected chi connectivity index (χ3v) is 4.96. The highest BCUT2D eigenvalue weighted by molar-refractivity contribution is 5.79. The Morgan fingerprint density at radius 1 is 1.08 bits per heavy atom. The van der Waals surface area contributed by atoms with E-state index in [0.29, 0.717) is 6.42 Å². The van der Waals surface area contributed by atoms with Crippen LogP contribution in [-0.2, 0) is 22.6 Å². The van der Waals surface area contributed by atoms with Crippen molar-refractivity contribution in [2.24, 2.45) is 0 Å². The zero-order valence-electron chi connectivity index (χ0n) is 14.5. The van der Waals surface area contributed by atoms with Gasteiger partial charge in [0.25, 0.3) is 0 Å². The zero-order chi connectivity index (χ0) is 17.7. The summed E-state index contributed by atoms with van der Waals surface area (Å²) < 4.78 is 19.6. The van der Waals surface area contributed by atoms with E-state index in [1.807, 2.05) is 36.4 Å². The Morgan fingerprint density at radius 2 is 1.60 bits per heavy atom. The molecule has 4 heteroatoms. The van der Waals surface area contributed by atoms with E-state index in [1.165, 1.54) is 18.2 Å². The molecule has 2 unspecified atom stereocenters. The fraction of sp³-hybridized carbons (Fsp3) is 0.381. The van der Waals surface area contributed by atoms with Crippen molar-refractivity contribution in [2.75, 3.05) is 7.11 Å². The summed E-state index contributed by atoms with van der Waals surface area (Å²) in [6.07, 6.45) is 1.08. The SMILES string of the molecule is COC(=O)C1(F)CCC(N(Cc2ccccc2)Cc2ccccc2)C1. The quantitative estimate of drug-likeness (QED) is 0.740. The van der Waals surface area contributed by atoms with Gasteiger partial charge in [-0.05, 0) is 24.0 Å². The minimum Gasteiger partial charge on any atom is -0.467 e. The lowest BCUT2D eigenvalue weighted by molar-refractivity contribution is -0.154. The smallest absolute Gasteiger partial charge is 0.343 e. The molecule has 0 radical (unpaired) electrons. The van der Waals surface area contributed by atoms with Gasteiger partial charge in [0.2, 0.25) is 5.67 Å². The van der Waals surface area contributed by atoms with Crippen LogP contribution in [0.4, 0.5) is 4.39 Å². The molecule has 0 bridgehead atoms. The van der Waals surface area contributed by atoms with Crippen molar-refractivity contribution in [1.82, 2.24) is 4.90 Å². The highest BCUT2D eigenvalue weighted by Crippen LogP contribution is 2.38. The molecule has 0 aliphatic heterocycles. The molecule has 0 saturated heterocycles. The van der Waals surface area contributed by atoms with Crippen molar-refractivity contribution in [3.05, 3.63) is 71.8 Å². The predicted octanol–water partition coefficient (Wildman–Crippen LogP) is 4.12. The molecule has 0 amide bonds. The minimum absolute atomic E-state index is 0.0181. The highest BCUT2D eigenvalue weighted by Gasteiger charge is 2.48. The minimum atomic E-state index is -1.86. The molecule has 0 spiro atoms. The Labute approximate surface area is 148 Å². The van der Waals surface area contributed by atoms with Crippen LogP contribution in [0, 0.1) is 0 Å². The van der Waals surface area contributed by atoms with E-state index in [1.54, 1.807) is 0 Å². The van der Waals surface area contributed by atoms with Crippen LogP contribution in [0.5, 0.6) is 0 Å². The number of rotatable bonds is 6. The molecule has 3 rings (SSSR count). The first kappa shape index (κ1) is 17.6. The number of hydrogen-bond donors (Lipinski definition) is 0. The third kappa shape index (κ3) is 4.26. The van der Waals surface area contributed by atoms with E-state index < -0.39 is 11.6 Å². The number of methoxy groups -OCH3 is 1. The van der Waals surface area contributed by atoms with Crippen LogP contribution < -0.4 is 0 Å². The second kappa shape index (κ2) is 7.79. The summed E-state index contributed by atoms with van der Waals surface area (Å²) in [5.74, 6) is -0.741. The Hall–Kier alpha value is -2.20. The highest BCUT2D eigenvalue weighted by atomic mass is 19.1. The van der Waals surface area contributed by atoms with Crippen LogP contribution in [0.3, 0.4) is 0 Å². The second-order valence-corrected chi connectivity index (χ2v) is 6.73. The van der Waals surface area contributed by atoms with Crippen molar-refractivity contribution in [1.29, 1.82) is 0 Å². The van der Waals surface area contributed by atoms with Crippen molar-refractivity contribution in [3.8, 4) is 0 Å². The number of carbonyl (C=O) groups is 1. The monoisotopic (exact) mass is 341 g/mol. The molecule has 2 aromatic carbocycles. The maximum absolute atomic E-state index is 14.9. The van der Waals surface area contributed by atoms with Gasteiger partial charge in [0.1, 0.15) is 0 Å². The van der Waals surface area contributed by atoms with Gasteiger partial charge in [-0.2, -0.15) is 0 Å². The first-order valence-electron chi connectivity index (χ1n) is 8.70. The van der Waals surface area contributed by atoms with Gasteiger partial charge in [-0.3, -0.25) is 4.90 Å². The Bertz CT molecular complexity index is 650. The lowest BCUT2D eigenvalue weighted by Crippen LogP contribution is -2.37. The van der Waals surface area contributed by atoms with Gasteiger partial charge >= 0.3 is 5.97 Å². The largest absolute Gasteiger partial charge is 0.467 e. The molecule has 1 fully saturated rings. The number of benzene rings is 2. The van der Waals surface area contributed by atoms with Crippen LogP contribution in [0.2, 0.25) is 0 Å². The molecule has 2 atom stereocenters. The van der Waals surface area contributed by atoms with Crippen molar-refractivity contribution < 1.29 is 13.9 Å². The maximum Gasteiger partial charge on any atom is 0.343 e. The van der Waals surface area contributed by atoms with E-state index in [4.69, 9.17) is 0 Å². The molecule has 3 nitrogen and oxygen atoms in total. The molecule has 1 saturated carbocycles. The Morgan fingerprint density at radius 3 is 2.08 bits per heavy atom. The van der Waals surface area contributed by atoms with E-state index in [0.717, 1.165) is 13.1 Å². The normalized spacial score (nSPS) is 22.9. The summed E-state index contributed by atoms with van der Waals surface area (Å²) in [4.78, 5) is 14.1. The van der Waals surface area contributed by atoms with Crippen LogP contribution in [0.1, 0.15) is 30.4 Å². The van der Waals surface area contributed by atoms with Crippen LogP contribution in [0.15, 0.2) is 60.7 Å². The molecule has 132 valence electrons. The average Bonchev–Trinajstić information content (AvgIpc) is 3.06. The second-order valence-electron chi connectivity index (χ2n) is 6.73. The Balaban J connectivity index is 1.78. The molecule has 1 aliphatic rings. The van der Waals surface area contributed by atoms with Gasteiger partial charge in [-0.25, -0.2) is 9.18 Å². The van der Waals surface area contributed by atoms with E-state index in [2.05, 4.69) is 33.9 Å². The first-order chi connectivity index (χ1) is 12.1. The zero-order valence-corrected chi connectivity index (χ0v) is 14.5. The van der Waals surface area contributed by atoms with Crippen LogP contribution >= 0.6 is 0 Å². The van der Waals surface area contributed by atoms with Crippen molar-refractivity contribution in [2.45, 2.75) is 44.1 Å². The molecule has 2 aromatic rings. The van der Waals surface area contributed by atoms with Gasteiger partial charge in [-0.1, -0.05) is 60.7 Å². The summed E-state index contributed by atoms with van der Waals surface area (Å²) in [7, 11) is 1.25. The van der Waals surface area contributed by atoms with Crippen LogP contribution in [-0.4, -0.2) is 29.7 Å². The van der Waals surface area contributed by atoms with E-state index >= 15 is 0 Å². The predicted molar refractivity (Wildman–Crippen MR) is 95.6 cm³/mol. The van der Waals surface area contributed by atoms with Crippen molar-refractivity contribution >= 4 is 5.97 Å². The summed E-state index contributed by atoms with van der Waals surface area (Å²) in [6, 6.07) is 20.4. The third-order valence-electron chi connectivity index (χ3n) is 4.96. The molecular weight excluding hydrogens is 317 g/mol. The molecular formula is C21H24FNO2. The molecule has 0 N–H and O–H groups in total. The van der Waals surface area contributed by atoms with E-state index in [9.17, 15) is 9.18 Å². The van der Waals surface area contributed by atoms with Crippen LogP contribution in [0.25, 0.3) is 0 Å². The number of alkyl halides is 1. The van der Waals surface area contributed by atoms with E-state index in [-0.39, 0.29) is 18.9 Å². The average molecular weight is 341 g/mol. The summed E-state index contributed by atoms with van der Waals surface area (Å²) in [5, 5.41) is 0. The van der Waals surface area contributed by atoms with Gasteiger partial charge in [-0.15, -0.1) is 0 Å². The lowest BCUT2D eigenvalue weighted by atomic mass is 10.0. The first-order valence-corrected chi connectivity index (χ1v) is 8.70. The molecule has 25 heavy (non-hydrogen) atoms. The fourth-order valence-corrected chi connectivity index (χ4v) is 3.60. The number of ether oxygens (including phenoxy) is 1. The lowest BCUT2D eigenvalue weighted by Gasteiger charge is -2.29. The number of halogens is 1. The molecule has 1 aliphatic carbocycles. The molecule has 0 aromatic heterocycles. The van der Waals surface area contributed by atoms with Crippen molar-refractivity contribution in [3.63, 3.8) is 0 Å². The van der Waals surface area contributed by atoms with Gasteiger partial charge < -0.3 is 4.74 Å². The summed E-state index contributed by atoms with van der Waals surface area (Å²) in [6.45, 7) is 1.47. The van der Waals surface area contributed by atoms with Gasteiger partial charge in [0, 0.05) is 25.6 Å². The summed E-state index contributed by atoms with van der Waals surface area (Å²) >= 11 is 0. The number of hydrogen-bond acceptors (Lipinski definition) is 3. The number of esters is 1. The fourth-order valence-electron chi connectivity index (χ4n) is 3.60. The Kier molecular flexibility index (Phi) is 5.49. The van der Waals surface area contributed by atoms with Gasteiger partial charge in [0.15, 0.2) is 0 Å². The standard InChI is InChI=1S/C21H24FNO2/c1-25-20(24)21(22)13-12-19(14-21)23(15-17-8-4-2-5-9-17)16-18-10-6-3-7-11-18/h2-11,19H,12-16H2,1H3. The maximum atomic E-state index is 14.9. The molecule has 0 heterocycles. The summed E-state index contributed by atoms with van der Waals surface area (Å²) in [5.41, 5.74) is 0.520. The van der Waals surface area contributed by atoms with Gasteiger partial charge in [0.05, 0.1) is 7.11 Å². The number of carbonyl (C=O) groups excluding carboxylic acids is 1.